The van der Waals surface area contributed by atoms with Gasteiger partial charge in [-0.3, -0.25) is 4.79 Å². The number of hydrogen-bond donors (Lipinski definition) is 2. The number of aliphatic imine (C=N–C) groups is 1. The molecule has 0 bridgehead atoms. The van der Waals surface area contributed by atoms with E-state index in [0.29, 0.717) is 22.7 Å². The Morgan fingerprint density at radius 1 is 1.13 bits per heavy atom. The molecule has 0 saturated carbocycles. The number of aromatic amines is 1. The second-order valence-electron chi connectivity index (χ2n) is 8.22. The van der Waals surface area contributed by atoms with Gasteiger partial charge in [0, 0.05) is 39.6 Å². The van der Waals surface area contributed by atoms with Gasteiger partial charge in [0.1, 0.15) is 5.75 Å². The number of para-hydroxylation sites is 2. The molecule has 0 atom stereocenters. The molecule has 4 aromatic rings. The predicted molar refractivity (Wildman–Crippen MR) is 124 cm³/mol. The molecule has 2 aromatic heterocycles. The summed E-state index contributed by atoms with van der Waals surface area (Å²) in [5.41, 5.74) is 2.85. The van der Waals surface area contributed by atoms with Crippen molar-refractivity contribution < 1.29 is 5.11 Å². The van der Waals surface area contributed by atoms with E-state index in [0.717, 1.165) is 21.5 Å². The van der Waals surface area contributed by atoms with Crippen molar-refractivity contribution in [1.29, 1.82) is 0 Å². The van der Waals surface area contributed by atoms with Gasteiger partial charge >= 0.3 is 0 Å². The predicted octanol–water partition coefficient (Wildman–Crippen LogP) is 5.33. The smallest absolute Gasteiger partial charge is 0.251 e. The molecule has 2 heterocycles. The fourth-order valence-electron chi connectivity index (χ4n) is 3.32. The van der Waals surface area contributed by atoms with E-state index in [9.17, 15) is 9.90 Å². The van der Waals surface area contributed by atoms with E-state index in [-0.39, 0.29) is 16.7 Å². The molecular weight excluding hydrogens is 394 g/mol. The van der Waals surface area contributed by atoms with Crippen LogP contribution in [0.4, 0.5) is 5.13 Å². The number of aromatic hydroxyl groups is 1. The van der Waals surface area contributed by atoms with E-state index in [2.05, 4.69) is 30.7 Å². The first-order chi connectivity index (χ1) is 14.3. The fraction of sp³-hybridized carbons (Fsp3) is 0.208. The summed E-state index contributed by atoms with van der Waals surface area (Å²) in [6.45, 7) is 6.31. The largest absolute Gasteiger partial charge is 0.507 e. The van der Waals surface area contributed by atoms with Crippen LogP contribution in [0.1, 0.15) is 42.5 Å². The topological polar surface area (TPSA) is 78.3 Å². The normalized spacial score (nSPS) is 12.1. The lowest BCUT2D eigenvalue weighted by Crippen LogP contribution is -2.17. The Bertz CT molecular complexity index is 1300. The van der Waals surface area contributed by atoms with E-state index < -0.39 is 0 Å². The van der Waals surface area contributed by atoms with Crippen LogP contribution >= 0.6 is 11.3 Å². The van der Waals surface area contributed by atoms with Crippen LogP contribution in [-0.2, 0) is 11.8 Å². The van der Waals surface area contributed by atoms with Crippen molar-refractivity contribution in [2.75, 3.05) is 0 Å². The third-order valence-electron chi connectivity index (χ3n) is 4.83. The van der Waals surface area contributed by atoms with Crippen LogP contribution in [0.15, 0.2) is 64.4 Å². The lowest BCUT2D eigenvalue weighted by molar-refractivity contribution is 0.474. The number of rotatable bonds is 4. The molecule has 0 saturated heterocycles. The van der Waals surface area contributed by atoms with Gasteiger partial charge in [-0.15, -0.1) is 0 Å². The Morgan fingerprint density at radius 3 is 2.63 bits per heavy atom. The first-order valence-corrected chi connectivity index (χ1v) is 10.6. The number of pyridine rings is 1. The highest BCUT2D eigenvalue weighted by Gasteiger charge is 2.24. The highest BCUT2D eigenvalue weighted by Crippen LogP contribution is 2.35. The molecule has 5 nitrogen and oxygen atoms in total. The third kappa shape index (κ3) is 4.19. The summed E-state index contributed by atoms with van der Waals surface area (Å²) >= 11 is 1.48. The molecule has 4 rings (SSSR count). The second-order valence-corrected chi connectivity index (χ2v) is 9.29. The molecule has 0 aliphatic heterocycles. The minimum atomic E-state index is -0.182. The van der Waals surface area contributed by atoms with Gasteiger partial charge < -0.3 is 10.1 Å². The SMILES string of the molecule is CC(C)(C)c1nc(/N=C/c2ccccc2O)sc1Cc1cc2ccccc2[nH]c1=O. The highest BCUT2D eigenvalue weighted by atomic mass is 32.1. The molecule has 152 valence electrons. The van der Waals surface area contributed by atoms with Gasteiger partial charge in [-0.25, -0.2) is 9.98 Å². The molecular formula is C24H23N3O2S. The van der Waals surface area contributed by atoms with Crippen LogP contribution in [-0.4, -0.2) is 21.3 Å². The van der Waals surface area contributed by atoms with E-state index in [1.165, 1.54) is 11.3 Å². The van der Waals surface area contributed by atoms with Crippen LogP contribution in [0.2, 0.25) is 0 Å². The molecule has 0 aliphatic rings. The average Bonchev–Trinajstić information content (AvgIpc) is 3.11. The van der Waals surface area contributed by atoms with Crippen LogP contribution in [0.3, 0.4) is 0 Å². The number of H-pyrrole nitrogens is 1. The van der Waals surface area contributed by atoms with Crippen LogP contribution in [0.5, 0.6) is 5.75 Å². The van der Waals surface area contributed by atoms with Crippen LogP contribution in [0, 0.1) is 0 Å². The Kier molecular flexibility index (Phi) is 5.26. The summed E-state index contributed by atoms with van der Waals surface area (Å²) < 4.78 is 0. The molecule has 2 N–H and O–H groups in total. The van der Waals surface area contributed by atoms with Gasteiger partial charge in [-0.05, 0) is 29.7 Å². The molecule has 30 heavy (non-hydrogen) atoms. The fourth-order valence-corrected chi connectivity index (χ4v) is 4.46. The number of thiazole rings is 1. The monoisotopic (exact) mass is 417 g/mol. The van der Waals surface area contributed by atoms with Crippen LogP contribution in [0.25, 0.3) is 10.9 Å². The van der Waals surface area contributed by atoms with Crippen molar-refractivity contribution in [3.8, 4) is 5.75 Å². The number of nitrogens with one attached hydrogen (secondary N) is 1. The minimum Gasteiger partial charge on any atom is -0.507 e. The lowest BCUT2D eigenvalue weighted by Gasteiger charge is -2.17. The highest BCUT2D eigenvalue weighted by molar-refractivity contribution is 7.15. The lowest BCUT2D eigenvalue weighted by atomic mass is 9.90. The molecule has 2 aromatic carbocycles. The Hall–Kier alpha value is -3.25. The summed E-state index contributed by atoms with van der Waals surface area (Å²) in [6.07, 6.45) is 2.11. The third-order valence-corrected chi connectivity index (χ3v) is 5.79. The van der Waals surface area contributed by atoms with Gasteiger partial charge in [0.15, 0.2) is 0 Å². The average molecular weight is 418 g/mol. The number of fused-ring (bicyclic) bond motifs is 1. The van der Waals surface area contributed by atoms with E-state index >= 15 is 0 Å². The number of phenolic OH excluding ortho intramolecular Hbond substituents is 1. The maximum absolute atomic E-state index is 12.6. The Balaban J connectivity index is 1.72. The summed E-state index contributed by atoms with van der Waals surface area (Å²) in [4.78, 5) is 25.8. The van der Waals surface area contributed by atoms with Crippen molar-refractivity contribution in [2.45, 2.75) is 32.6 Å². The Labute approximate surface area is 178 Å². The Morgan fingerprint density at radius 2 is 1.87 bits per heavy atom. The second kappa shape index (κ2) is 7.88. The quantitative estimate of drug-likeness (QED) is 0.441. The molecule has 0 unspecified atom stereocenters. The van der Waals surface area contributed by atoms with Gasteiger partial charge in [-0.1, -0.05) is 62.4 Å². The van der Waals surface area contributed by atoms with Gasteiger partial charge in [0.05, 0.1) is 5.69 Å². The standard InChI is InChI=1S/C24H23N3O2S/c1-24(2,3)21-20(13-17-12-15-8-4-6-10-18(15)26-22(17)29)30-23(27-21)25-14-16-9-5-7-11-19(16)28/h4-12,14,28H,13H2,1-3H3,(H,26,29)/b25-14+. The van der Waals surface area contributed by atoms with Gasteiger partial charge in [0.25, 0.3) is 5.56 Å². The van der Waals surface area contributed by atoms with Crippen LogP contribution < -0.4 is 5.56 Å². The zero-order valence-electron chi connectivity index (χ0n) is 17.1. The van der Waals surface area contributed by atoms with Gasteiger partial charge in [-0.2, -0.15) is 0 Å². The minimum absolute atomic E-state index is 0.0822. The van der Waals surface area contributed by atoms with Gasteiger partial charge in [0.2, 0.25) is 5.13 Å². The molecule has 0 spiro atoms. The van der Waals surface area contributed by atoms with Crippen molar-refractivity contribution in [2.24, 2.45) is 4.99 Å². The molecule has 0 radical (unpaired) electrons. The van der Waals surface area contributed by atoms with E-state index in [1.807, 2.05) is 36.4 Å². The zero-order chi connectivity index (χ0) is 21.3. The number of benzene rings is 2. The zero-order valence-corrected chi connectivity index (χ0v) is 18.0. The van der Waals surface area contributed by atoms with Crippen molar-refractivity contribution >= 4 is 33.6 Å². The number of hydrogen-bond acceptors (Lipinski definition) is 5. The summed E-state index contributed by atoms with van der Waals surface area (Å²) in [5.74, 6) is 0.178. The molecule has 0 fully saturated rings. The maximum Gasteiger partial charge on any atom is 0.251 e. The summed E-state index contributed by atoms with van der Waals surface area (Å²) in [5, 5.41) is 11.6. The first-order valence-electron chi connectivity index (χ1n) is 9.74. The van der Waals surface area contributed by atoms with Crippen molar-refractivity contribution in [3.05, 3.63) is 86.6 Å². The molecule has 0 amide bonds. The van der Waals surface area contributed by atoms with E-state index in [4.69, 9.17) is 4.98 Å². The summed E-state index contributed by atoms with van der Waals surface area (Å²) in [7, 11) is 0. The number of nitrogens with zero attached hydrogens (tertiary/aromatic N) is 2. The van der Waals surface area contributed by atoms with Crippen molar-refractivity contribution in [1.82, 2.24) is 9.97 Å². The molecule has 6 heteroatoms. The maximum atomic E-state index is 12.6. The molecule has 0 aliphatic carbocycles. The summed E-state index contributed by atoms with van der Waals surface area (Å²) in [6, 6.07) is 16.8. The first kappa shape index (κ1) is 20.0. The number of aromatic nitrogens is 2. The van der Waals surface area contributed by atoms with E-state index in [1.54, 1.807) is 24.4 Å². The number of phenols is 1. The van der Waals surface area contributed by atoms with Crippen molar-refractivity contribution in [3.63, 3.8) is 0 Å².